The van der Waals surface area contributed by atoms with Crippen molar-refractivity contribution in [1.82, 2.24) is 4.49 Å². The SMILES string of the molecule is Cc1ccc(S(=O)(=O)NP(=O)(Oc2ccccc2)Oc2ccccc2)cc1. The molecular formula is C19H18NO5PS. The molecule has 0 saturated heterocycles. The lowest BCUT2D eigenvalue weighted by Gasteiger charge is -2.20. The van der Waals surface area contributed by atoms with Crippen LogP contribution < -0.4 is 13.5 Å². The molecule has 0 bridgehead atoms. The Hall–Kier alpha value is -2.60. The van der Waals surface area contributed by atoms with E-state index in [0.29, 0.717) is 0 Å². The van der Waals surface area contributed by atoms with Crippen molar-refractivity contribution in [2.75, 3.05) is 0 Å². The molecule has 27 heavy (non-hydrogen) atoms. The smallest absolute Gasteiger partial charge is 0.404 e. The molecule has 3 rings (SSSR count). The van der Waals surface area contributed by atoms with Gasteiger partial charge in [-0.1, -0.05) is 58.6 Å². The molecule has 0 unspecified atom stereocenters. The lowest BCUT2D eigenvalue weighted by Crippen LogP contribution is -2.26. The molecule has 0 aromatic heterocycles. The van der Waals surface area contributed by atoms with E-state index in [4.69, 9.17) is 9.05 Å². The molecule has 0 atom stereocenters. The van der Waals surface area contributed by atoms with Gasteiger partial charge in [0.1, 0.15) is 11.5 Å². The number of para-hydroxylation sites is 2. The highest BCUT2D eigenvalue weighted by molar-refractivity contribution is 7.94. The van der Waals surface area contributed by atoms with Crippen LogP contribution in [-0.2, 0) is 14.6 Å². The minimum atomic E-state index is -4.30. The second kappa shape index (κ2) is 7.96. The molecule has 0 spiro atoms. The summed E-state index contributed by atoms with van der Waals surface area (Å²) >= 11 is 0. The highest BCUT2D eigenvalue weighted by Crippen LogP contribution is 2.46. The van der Waals surface area contributed by atoms with Crippen LogP contribution in [0.2, 0.25) is 0 Å². The van der Waals surface area contributed by atoms with Gasteiger partial charge in [0.15, 0.2) is 0 Å². The van der Waals surface area contributed by atoms with Crippen molar-refractivity contribution in [3.8, 4) is 11.5 Å². The Morgan fingerprint density at radius 2 is 1.19 bits per heavy atom. The van der Waals surface area contributed by atoms with Gasteiger partial charge in [0.05, 0.1) is 4.90 Å². The number of sulfonamides is 1. The van der Waals surface area contributed by atoms with Crippen molar-refractivity contribution >= 4 is 17.8 Å². The molecule has 0 fully saturated rings. The van der Waals surface area contributed by atoms with Gasteiger partial charge in [0.25, 0.3) is 10.0 Å². The Morgan fingerprint density at radius 1 is 0.741 bits per heavy atom. The van der Waals surface area contributed by atoms with E-state index in [-0.39, 0.29) is 16.4 Å². The number of hydrogen-bond acceptors (Lipinski definition) is 5. The van der Waals surface area contributed by atoms with Crippen molar-refractivity contribution in [2.45, 2.75) is 11.8 Å². The number of aryl methyl sites for hydroxylation is 1. The summed E-state index contributed by atoms with van der Waals surface area (Å²) in [6, 6.07) is 22.6. The first-order chi connectivity index (χ1) is 12.9. The maximum Gasteiger partial charge on any atom is 0.526 e. The van der Waals surface area contributed by atoms with E-state index in [2.05, 4.69) is 4.49 Å². The minimum Gasteiger partial charge on any atom is -0.404 e. The van der Waals surface area contributed by atoms with Crippen LogP contribution in [0, 0.1) is 6.92 Å². The summed E-state index contributed by atoms with van der Waals surface area (Å²) < 4.78 is 51.6. The lowest BCUT2D eigenvalue weighted by atomic mass is 10.2. The molecule has 8 heteroatoms. The van der Waals surface area contributed by atoms with Crippen LogP contribution in [0.4, 0.5) is 0 Å². The number of nitrogens with one attached hydrogen (secondary N) is 1. The summed E-state index contributed by atoms with van der Waals surface area (Å²) in [4.78, 5) is -0.0401. The first kappa shape index (κ1) is 19.2. The third-order valence-corrected chi connectivity index (χ3v) is 7.15. The maximum atomic E-state index is 13.3. The van der Waals surface area contributed by atoms with Gasteiger partial charge in [0.2, 0.25) is 0 Å². The second-order valence-corrected chi connectivity index (χ2v) is 9.28. The largest absolute Gasteiger partial charge is 0.526 e. The second-order valence-electron chi connectivity index (χ2n) is 5.71. The fraction of sp³-hybridized carbons (Fsp3) is 0.0526. The fourth-order valence-electron chi connectivity index (χ4n) is 2.21. The molecule has 0 aliphatic heterocycles. The summed E-state index contributed by atoms with van der Waals surface area (Å²) in [5.41, 5.74) is 0.901. The molecule has 1 N–H and O–H groups in total. The Bertz CT molecular complexity index is 993. The molecule has 3 aromatic carbocycles. The molecule has 0 heterocycles. The predicted molar refractivity (Wildman–Crippen MR) is 103 cm³/mol. The zero-order valence-corrected chi connectivity index (χ0v) is 16.2. The normalized spacial score (nSPS) is 11.7. The first-order valence-corrected chi connectivity index (χ1v) is 11.1. The number of rotatable bonds is 7. The Balaban J connectivity index is 1.93. The van der Waals surface area contributed by atoms with Crippen molar-refractivity contribution < 1.29 is 22.0 Å². The molecular weight excluding hydrogens is 385 g/mol. The standard InChI is InChI=1S/C19H18NO5PS/c1-16-12-14-19(15-13-16)27(22,23)20-26(21,24-17-8-4-2-5-9-17)25-18-10-6-3-7-11-18/h2-15H,1H3,(H,20,21). The lowest BCUT2D eigenvalue weighted by molar-refractivity contribution is 0.381. The maximum absolute atomic E-state index is 13.3. The quantitative estimate of drug-likeness (QED) is 0.586. The zero-order chi connectivity index (χ0) is 19.3. The van der Waals surface area contributed by atoms with Crippen LogP contribution >= 0.6 is 7.75 Å². The zero-order valence-electron chi connectivity index (χ0n) is 14.5. The molecule has 0 aliphatic rings. The van der Waals surface area contributed by atoms with Crippen molar-refractivity contribution in [1.29, 1.82) is 0 Å². The summed E-state index contributed by atoms with van der Waals surface area (Å²) in [6.45, 7) is 1.84. The van der Waals surface area contributed by atoms with Gasteiger partial charge in [-0.25, -0.2) is 13.0 Å². The van der Waals surface area contributed by atoms with Gasteiger partial charge < -0.3 is 9.05 Å². The van der Waals surface area contributed by atoms with E-state index in [1.54, 1.807) is 72.8 Å². The first-order valence-electron chi connectivity index (χ1n) is 8.06. The van der Waals surface area contributed by atoms with E-state index >= 15 is 0 Å². The number of hydrogen-bond donors (Lipinski definition) is 1. The highest BCUT2D eigenvalue weighted by Gasteiger charge is 2.35. The van der Waals surface area contributed by atoms with Gasteiger partial charge in [-0.3, -0.25) is 0 Å². The molecule has 3 aromatic rings. The van der Waals surface area contributed by atoms with Gasteiger partial charge in [-0.15, -0.1) is 0 Å². The van der Waals surface area contributed by atoms with E-state index in [1.165, 1.54) is 12.1 Å². The summed E-state index contributed by atoms with van der Waals surface area (Å²) in [6.07, 6.45) is 0. The van der Waals surface area contributed by atoms with Crippen LogP contribution in [-0.4, -0.2) is 8.42 Å². The monoisotopic (exact) mass is 403 g/mol. The molecule has 0 aliphatic carbocycles. The van der Waals surface area contributed by atoms with Crippen LogP contribution in [0.5, 0.6) is 11.5 Å². The van der Waals surface area contributed by atoms with Crippen LogP contribution in [0.15, 0.2) is 89.8 Å². The van der Waals surface area contributed by atoms with E-state index in [0.717, 1.165) is 5.56 Å². The highest BCUT2D eigenvalue weighted by atomic mass is 32.2. The van der Waals surface area contributed by atoms with Crippen molar-refractivity contribution in [3.05, 3.63) is 90.5 Å². The third-order valence-electron chi connectivity index (χ3n) is 3.50. The molecule has 6 nitrogen and oxygen atoms in total. The van der Waals surface area contributed by atoms with Gasteiger partial charge in [0, 0.05) is 0 Å². The third kappa shape index (κ3) is 5.20. The summed E-state index contributed by atoms with van der Waals surface area (Å²) in [5.74, 6) is 0.423. The minimum absolute atomic E-state index is 0.0401. The molecule has 0 radical (unpaired) electrons. The number of benzene rings is 3. The van der Waals surface area contributed by atoms with Crippen LogP contribution in [0.1, 0.15) is 5.56 Å². The Kier molecular flexibility index (Phi) is 5.65. The Morgan fingerprint density at radius 3 is 1.63 bits per heavy atom. The van der Waals surface area contributed by atoms with Gasteiger partial charge in [-0.2, -0.15) is 0 Å². The van der Waals surface area contributed by atoms with E-state index in [1.807, 2.05) is 6.92 Å². The van der Waals surface area contributed by atoms with Crippen molar-refractivity contribution in [3.63, 3.8) is 0 Å². The van der Waals surface area contributed by atoms with Crippen LogP contribution in [0.3, 0.4) is 0 Å². The molecule has 140 valence electrons. The van der Waals surface area contributed by atoms with Gasteiger partial charge >= 0.3 is 7.75 Å². The average Bonchev–Trinajstić information content (AvgIpc) is 2.63. The Labute approximate surface area is 158 Å². The van der Waals surface area contributed by atoms with E-state index in [9.17, 15) is 13.0 Å². The topological polar surface area (TPSA) is 81.7 Å². The predicted octanol–water partition coefficient (Wildman–Crippen LogP) is 4.54. The fourth-order valence-corrected chi connectivity index (χ4v) is 5.44. The summed E-state index contributed by atoms with van der Waals surface area (Å²) in [7, 11) is -8.44. The average molecular weight is 403 g/mol. The van der Waals surface area contributed by atoms with Crippen LogP contribution in [0.25, 0.3) is 0 Å². The van der Waals surface area contributed by atoms with E-state index < -0.39 is 17.8 Å². The molecule has 0 saturated carbocycles. The van der Waals surface area contributed by atoms with Gasteiger partial charge in [-0.05, 0) is 43.3 Å². The summed E-state index contributed by atoms with van der Waals surface area (Å²) in [5, 5.41) is 0. The van der Waals surface area contributed by atoms with Crippen molar-refractivity contribution in [2.24, 2.45) is 0 Å². The molecule has 0 amide bonds.